The smallest absolute Gasteiger partial charge is 0.488 e. The molecule has 0 saturated heterocycles. The van der Waals surface area contributed by atoms with Gasteiger partial charge in [0, 0.05) is 5.56 Å². The van der Waals surface area contributed by atoms with Gasteiger partial charge in [0.15, 0.2) is 0 Å². The zero-order chi connectivity index (χ0) is 26.5. The lowest BCUT2D eigenvalue weighted by Gasteiger charge is -2.29. The van der Waals surface area contributed by atoms with E-state index in [4.69, 9.17) is 4.74 Å². The van der Waals surface area contributed by atoms with Crippen molar-refractivity contribution in [2.75, 3.05) is 11.9 Å². The topological polar surface area (TPSA) is 39.7 Å². The van der Waals surface area contributed by atoms with Crippen molar-refractivity contribution in [2.24, 2.45) is 0 Å². The fourth-order valence-corrected chi connectivity index (χ4v) is 3.47. The first-order chi connectivity index (χ1) is 17.0. The van der Waals surface area contributed by atoms with Gasteiger partial charge >= 0.3 is 18.9 Å². The van der Waals surface area contributed by atoms with E-state index < -0.39 is 30.7 Å². The number of para-hydroxylation sites is 1. The van der Waals surface area contributed by atoms with Crippen molar-refractivity contribution in [3.05, 3.63) is 72.3 Å². The average Bonchev–Trinajstić information content (AvgIpc) is 2.83. The number of anilines is 1. The molecule has 0 spiro atoms. The monoisotopic (exact) mass is 517 g/mol. The SMILES string of the molecule is CC.FC(F)C(F)(F)Oc1cccc([C@H]2COc3c(cccc3-c3cccc(OC(F)(F)F)c3)N2)c1. The number of hydrogen-bond donors (Lipinski definition) is 1. The van der Waals surface area contributed by atoms with Crippen LogP contribution in [0.1, 0.15) is 25.5 Å². The Morgan fingerprint density at radius 2 is 1.50 bits per heavy atom. The lowest BCUT2D eigenvalue weighted by Crippen LogP contribution is -2.33. The van der Waals surface area contributed by atoms with Crippen LogP contribution in [0.4, 0.5) is 36.4 Å². The first kappa shape index (κ1) is 27.0. The minimum absolute atomic E-state index is 0.0252. The molecule has 4 nitrogen and oxygen atoms in total. The Labute approximate surface area is 202 Å². The van der Waals surface area contributed by atoms with Crippen molar-refractivity contribution < 1.29 is 44.9 Å². The maximum Gasteiger partial charge on any atom is 0.573 e. The van der Waals surface area contributed by atoms with E-state index in [-0.39, 0.29) is 12.4 Å². The van der Waals surface area contributed by atoms with Crippen molar-refractivity contribution in [1.82, 2.24) is 0 Å². The van der Waals surface area contributed by atoms with E-state index >= 15 is 0 Å². The third-order valence-electron chi connectivity index (χ3n) is 4.89. The molecule has 0 aromatic heterocycles. The molecule has 194 valence electrons. The van der Waals surface area contributed by atoms with E-state index in [1.165, 1.54) is 30.3 Å². The highest BCUT2D eigenvalue weighted by molar-refractivity contribution is 5.79. The van der Waals surface area contributed by atoms with E-state index in [1.807, 2.05) is 13.8 Å². The molecule has 0 bridgehead atoms. The number of hydrogen-bond acceptors (Lipinski definition) is 4. The fourth-order valence-electron chi connectivity index (χ4n) is 3.47. The van der Waals surface area contributed by atoms with Gasteiger partial charge in [0.1, 0.15) is 23.9 Å². The van der Waals surface area contributed by atoms with Gasteiger partial charge in [-0.25, -0.2) is 0 Å². The number of fused-ring (bicyclic) bond motifs is 1. The van der Waals surface area contributed by atoms with E-state index in [0.717, 1.165) is 6.07 Å². The summed E-state index contributed by atoms with van der Waals surface area (Å²) >= 11 is 0. The van der Waals surface area contributed by atoms with Gasteiger partial charge in [-0.3, -0.25) is 0 Å². The standard InChI is InChI=1S/C23H16F7NO3.C2H6/c24-21(25)22(26,27)33-15-6-2-5-14(11-15)19-12-32-20-17(8-3-9-18(20)31-19)13-4-1-7-16(10-13)34-23(28,29)30;1-2/h1-11,19,21,31H,12H2;1-2H3/t19-;/m1./s1. The number of nitrogens with one attached hydrogen (secondary N) is 1. The summed E-state index contributed by atoms with van der Waals surface area (Å²) in [6.45, 7) is 4.03. The Bertz CT molecular complexity index is 1170. The highest BCUT2D eigenvalue weighted by Gasteiger charge is 2.44. The third kappa shape index (κ3) is 6.52. The predicted octanol–water partition coefficient (Wildman–Crippen LogP) is 8.06. The molecule has 11 heteroatoms. The zero-order valence-electron chi connectivity index (χ0n) is 19.1. The second-order valence-electron chi connectivity index (χ2n) is 7.30. The molecule has 0 aliphatic carbocycles. The Balaban J connectivity index is 0.00000176. The van der Waals surface area contributed by atoms with Gasteiger partial charge in [-0.15, -0.1) is 13.2 Å². The van der Waals surface area contributed by atoms with E-state index in [0.29, 0.717) is 28.1 Å². The average molecular weight is 517 g/mol. The Morgan fingerprint density at radius 1 is 0.861 bits per heavy atom. The first-order valence-corrected chi connectivity index (χ1v) is 10.9. The number of halogens is 7. The second kappa shape index (κ2) is 11.0. The van der Waals surface area contributed by atoms with Crippen molar-refractivity contribution in [1.29, 1.82) is 0 Å². The summed E-state index contributed by atoms with van der Waals surface area (Å²) in [7, 11) is 0. The fraction of sp³-hybridized carbons (Fsp3) is 0.280. The molecule has 0 amide bonds. The van der Waals surface area contributed by atoms with Gasteiger partial charge in [-0.2, -0.15) is 17.6 Å². The normalized spacial score (nSPS) is 15.1. The lowest BCUT2D eigenvalue weighted by atomic mass is 10.0. The molecule has 1 atom stereocenters. The molecule has 3 aromatic rings. The van der Waals surface area contributed by atoms with Crippen LogP contribution in [0.25, 0.3) is 11.1 Å². The Kier molecular flexibility index (Phi) is 8.21. The molecule has 3 aromatic carbocycles. The third-order valence-corrected chi connectivity index (χ3v) is 4.89. The highest BCUT2D eigenvalue weighted by atomic mass is 19.4. The summed E-state index contributed by atoms with van der Waals surface area (Å²) in [5.74, 6) is -0.452. The Morgan fingerprint density at radius 3 is 2.17 bits per heavy atom. The van der Waals surface area contributed by atoms with Crippen LogP contribution in [0, 0.1) is 0 Å². The predicted molar refractivity (Wildman–Crippen MR) is 120 cm³/mol. The summed E-state index contributed by atoms with van der Waals surface area (Å²) in [6.07, 6.45) is -13.5. The van der Waals surface area contributed by atoms with Gasteiger partial charge in [0.25, 0.3) is 0 Å². The minimum Gasteiger partial charge on any atom is -0.488 e. The Hall–Kier alpha value is -3.63. The molecule has 4 rings (SSSR count). The first-order valence-electron chi connectivity index (χ1n) is 10.9. The maximum atomic E-state index is 13.2. The summed E-state index contributed by atoms with van der Waals surface area (Å²) < 4.78 is 103. The van der Waals surface area contributed by atoms with Crippen molar-refractivity contribution in [2.45, 2.75) is 38.8 Å². The van der Waals surface area contributed by atoms with Crippen LogP contribution < -0.4 is 19.5 Å². The molecule has 0 fully saturated rings. The van der Waals surface area contributed by atoms with Crippen LogP contribution in [0.3, 0.4) is 0 Å². The lowest BCUT2D eigenvalue weighted by molar-refractivity contribution is -0.274. The van der Waals surface area contributed by atoms with E-state index in [2.05, 4.69) is 14.8 Å². The maximum absolute atomic E-state index is 13.2. The molecular formula is C25H22F7NO3. The van der Waals surface area contributed by atoms with Gasteiger partial charge in [0.2, 0.25) is 0 Å². The van der Waals surface area contributed by atoms with Crippen LogP contribution in [0.5, 0.6) is 17.2 Å². The molecule has 0 unspecified atom stereocenters. The van der Waals surface area contributed by atoms with Gasteiger partial charge in [0.05, 0.1) is 11.7 Å². The molecular weight excluding hydrogens is 495 g/mol. The number of ether oxygens (including phenoxy) is 3. The van der Waals surface area contributed by atoms with E-state index in [1.54, 1.807) is 30.3 Å². The van der Waals surface area contributed by atoms with Gasteiger partial charge in [-0.05, 0) is 41.5 Å². The molecule has 36 heavy (non-hydrogen) atoms. The summed E-state index contributed by atoms with van der Waals surface area (Å²) in [4.78, 5) is 0. The summed E-state index contributed by atoms with van der Waals surface area (Å²) in [6, 6.07) is 15.2. The summed E-state index contributed by atoms with van der Waals surface area (Å²) in [5, 5.41) is 3.16. The van der Waals surface area contributed by atoms with Crippen molar-refractivity contribution >= 4 is 5.69 Å². The molecule has 0 radical (unpaired) electrons. The molecule has 1 N–H and O–H groups in total. The number of alkyl halides is 7. The second-order valence-corrected chi connectivity index (χ2v) is 7.30. The van der Waals surface area contributed by atoms with Crippen LogP contribution in [0.15, 0.2) is 66.7 Å². The number of benzene rings is 3. The van der Waals surface area contributed by atoms with Crippen LogP contribution in [-0.2, 0) is 0 Å². The van der Waals surface area contributed by atoms with E-state index in [9.17, 15) is 30.7 Å². The van der Waals surface area contributed by atoms with Gasteiger partial charge < -0.3 is 19.5 Å². The van der Waals surface area contributed by atoms with Crippen molar-refractivity contribution in [3.63, 3.8) is 0 Å². The van der Waals surface area contributed by atoms with Crippen molar-refractivity contribution in [3.8, 4) is 28.4 Å². The van der Waals surface area contributed by atoms with Crippen LogP contribution in [-0.4, -0.2) is 25.5 Å². The molecule has 1 heterocycles. The molecule has 1 aliphatic heterocycles. The summed E-state index contributed by atoms with van der Waals surface area (Å²) in [5.41, 5.74) is 1.87. The van der Waals surface area contributed by atoms with Crippen LogP contribution in [0.2, 0.25) is 0 Å². The number of rotatable bonds is 6. The van der Waals surface area contributed by atoms with Gasteiger partial charge in [-0.1, -0.05) is 50.2 Å². The largest absolute Gasteiger partial charge is 0.573 e. The highest BCUT2D eigenvalue weighted by Crippen LogP contribution is 2.42. The quantitative estimate of drug-likeness (QED) is 0.336. The van der Waals surface area contributed by atoms with Crippen LogP contribution >= 0.6 is 0 Å². The zero-order valence-corrected chi connectivity index (χ0v) is 19.1. The molecule has 0 saturated carbocycles. The molecule has 1 aliphatic rings. The minimum atomic E-state index is -4.84.